The topological polar surface area (TPSA) is 77.0 Å². The van der Waals surface area contributed by atoms with E-state index in [1.165, 1.54) is 13.3 Å². The zero-order chi connectivity index (χ0) is 14.0. The lowest BCUT2D eigenvalue weighted by Gasteiger charge is -2.05. The molecule has 0 saturated heterocycles. The van der Waals surface area contributed by atoms with Crippen LogP contribution in [0.3, 0.4) is 0 Å². The number of aromatic nitrogens is 3. The molecule has 0 aliphatic heterocycles. The molecule has 0 fully saturated rings. The molecular weight excluding hydrogens is 363 g/mol. The molecule has 0 radical (unpaired) electrons. The molecule has 1 N–H and O–H groups in total. The van der Waals surface area contributed by atoms with Gasteiger partial charge >= 0.3 is 0 Å². The number of hydrogen-bond acceptors (Lipinski definition) is 6. The largest absolute Gasteiger partial charge is 0.472 e. The van der Waals surface area contributed by atoms with Crippen molar-refractivity contribution in [3.63, 3.8) is 0 Å². The minimum atomic E-state index is -0.912. The van der Waals surface area contributed by atoms with E-state index in [1.54, 1.807) is 0 Å². The van der Waals surface area contributed by atoms with Crippen LogP contribution in [0.5, 0.6) is 5.19 Å². The van der Waals surface area contributed by atoms with Gasteiger partial charge in [-0.2, -0.15) is 0 Å². The van der Waals surface area contributed by atoms with Gasteiger partial charge in [-0.25, -0.2) is 9.37 Å². The number of ether oxygens (including phenoxy) is 1. The van der Waals surface area contributed by atoms with Crippen molar-refractivity contribution in [1.29, 1.82) is 0 Å². The standard InChI is InChI=1S/C9H5BrClFN4O2S/c1-18-9-16-15-8(19-9)14-7(17)4-3(10)2-13-6(11)5(4)12/h2H,1H3,(H,14,15,17). The van der Waals surface area contributed by atoms with Crippen LogP contribution in [-0.4, -0.2) is 28.2 Å². The Morgan fingerprint density at radius 1 is 1.58 bits per heavy atom. The molecule has 0 atom stereocenters. The predicted molar refractivity (Wildman–Crippen MR) is 71.3 cm³/mol. The van der Waals surface area contributed by atoms with Crippen LogP contribution in [0.2, 0.25) is 5.15 Å². The summed E-state index contributed by atoms with van der Waals surface area (Å²) in [6, 6.07) is 0. The van der Waals surface area contributed by atoms with E-state index in [9.17, 15) is 9.18 Å². The minimum absolute atomic E-state index is 0.182. The summed E-state index contributed by atoms with van der Waals surface area (Å²) in [5.74, 6) is -1.63. The summed E-state index contributed by atoms with van der Waals surface area (Å²) in [7, 11) is 1.42. The fourth-order valence-electron chi connectivity index (χ4n) is 1.15. The number of carbonyl (C=O) groups excluding carboxylic acids is 1. The van der Waals surface area contributed by atoms with Crippen molar-refractivity contribution in [2.24, 2.45) is 0 Å². The van der Waals surface area contributed by atoms with Gasteiger partial charge in [0.25, 0.3) is 11.1 Å². The summed E-state index contributed by atoms with van der Waals surface area (Å²) in [6.07, 6.45) is 1.24. The van der Waals surface area contributed by atoms with Gasteiger partial charge in [-0.15, -0.1) is 5.10 Å². The van der Waals surface area contributed by atoms with Crippen molar-refractivity contribution in [1.82, 2.24) is 15.2 Å². The van der Waals surface area contributed by atoms with Crippen LogP contribution in [0, 0.1) is 5.82 Å². The van der Waals surface area contributed by atoms with Crippen molar-refractivity contribution in [2.75, 3.05) is 12.4 Å². The molecule has 0 bridgehead atoms. The summed E-state index contributed by atoms with van der Waals surface area (Å²) >= 11 is 9.57. The Morgan fingerprint density at radius 3 is 2.95 bits per heavy atom. The van der Waals surface area contributed by atoms with E-state index < -0.39 is 11.7 Å². The van der Waals surface area contributed by atoms with Crippen molar-refractivity contribution >= 4 is 49.9 Å². The Morgan fingerprint density at radius 2 is 2.32 bits per heavy atom. The number of anilines is 1. The summed E-state index contributed by atoms with van der Waals surface area (Å²) in [6.45, 7) is 0. The Labute approximate surface area is 124 Å². The summed E-state index contributed by atoms with van der Waals surface area (Å²) in [5, 5.41) is 9.76. The fraction of sp³-hybridized carbons (Fsp3) is 0.111. The van der Waals surface area contributed by atoms with Gasteiger partial charge in [0.15, 0.2) is 11.0 Å². The first-order valence-corrected chi connectivity index (χ1v) is 6.70. The molecule has 0 spiro atoms. The normalized spacial score (nSPS) is 10.3. The molecule has 19 heavy (non-hydrogen) atoms. The summed E-state index contributed by atoms with van der Waals surface area (Å²) in [4.78, 5) is 15.5. The van der Waals surface area contributed by atoms with Gasteiger partial charge in [-0.3, -0.25) is 10.1 Å². The van der Waals surface area contributed by atoms with E-state index in [1.807, 2.05) is 0 Å². The average Bonchev–Trinajstić information content (AvgIpc) is 2.82. The van der Waals surface area contributed by atoms with Gasteiger partial charge in [0, 0.05) is 6.20 Å². The van der Waals surface area contributed by atoms with Gasteiger partial charge in [0.05, 0.1) is 17.1 Å². The molecule has 0 saturated carbocycles. The number of carbonyl (C=O) groups is 1. The van der Waals surface area contributed by atoms with E-state index in [2.05, 4.69) is 36.4 Å². The number of amides is 1. The molecular formula is C9H5BrClFN4O2S. The first kappa shape index (κ1) is 14.1. The molecule has 0 aromatic carbocycles. The lowest BCUT2D eigenvalue weighted by Crippen LogP contribution is -2.15. The highest BCUT2D eigenvalue weighted by molar-refractivity contribution is 9.10. The van der Waals surface area contributed by atoms with Gasteiger partial charge in [-0.1, -0.05) is 16.7 Å². The summed E-state index contributed by atoms with van der Waals surface area (Å²) < 4.78 is 18.8. The first-order valence-electron chi connectivity index (χ1n) is 4.71. The van der Waals surface area contributed by atoms with Gasteiger partial charge in [0.2, 0.25) is 5.13 Å². The highest BCUT2D eigenvalue weighted by Crippen LogP contribution is 2.26. The first-order chi connectivity index (χ1) is 9.02. The lowest BCUT2D eigenvalue weighted by molar-refractivity contribution is 0.102. The van der Waals surface area contributed by atoms with E-state index in [-0.39, 0.29) is 25.5 Å². The highest BCUT2D eigenvalue weighted by atomic mass is 79.9. The third-order valence-electron chi connectivity index (χ3n) is 1.96. The second kappa shape index (κ2) is 5.76. The van der Waals surface area contributed by atoms with E-state index in [4.69, 9.17) is 16.3 Å². The zero-order valence-corrected chi connectivity index (χ0v) is 12.4. The second-order valence-corrected chi connectivity index (χ2v) is 5.27. The maximum Gasteiger partial charge on any atom is 0.295 e. The van der Waals surface area contributed by atoms with Gasteiger partial charge in [0.1, 0.15) is 0 Å². The summed E-state index contributed by atoms with van der Waals surface area (Å²) in [5.41, 5.74) is -0.255. The molecule has 2 heterocycles. The van der Waals surface area contributed by atoms with Crippen molar-refractivity contribution in [3.8, 4) is 5.19 Å². The highest BCUT2D eigenvalue weighted by Gasteiger charge is 2.20. The maximum atomic E-state index is 13.7. The van der Waals surface area contributed by atoms with E-state index in [0.29, 0.717) is 0 Å². The number of hydrogen-bond donors (Lipinski definition) is 1. The third kappa shape index (κ3) is 2.99. The number of halogens is 3. The minimum Gasteiger partial charge on any atom is -0.472 e. The Hall–Kier alpha value is -1.32. The fourth-order valence-corrected chi connectivity index (χ4v) is 2.31. The van der Waals surface area contributed by atoms with Crippen LogP contribution in [0.15, 0.2) is 10.7 Å². The predicted octanol–water partition coefficient (Wildman–Crippen LogP) is 2.75. The molecule has 0 unspecified atom stereocenters. The zero-order valence-electron chi connectivity index (χ0n) is 9.28. The molecule has 100 valence electrons. The number of nitrogens with one attached hydrogen (secondary N) is 1. The Balaban J connectivity index is 2.27. The molecule has 2 aromatic heterocycles. The molecule has 10 heteroatoms. The maximum absolute atomic E-state index is 13.7. The number of rotatable bonds is 3. The van der Waals surface area contributed by atoms with Crippen molar-refractivity contribution in [2.45, 2.75) is 0 Å². The molecule has 6 nitrogen and oxygen atoms in total. The van der Waals surface area contributed by atoms with Crippen molar-refractivity contribution in [3.05, 3.63) is 27.2 Å². The average molecular weight is 368 g/mol. The number of nitrogens with zero attached hydrogens (tertiary/aromatic N) is 3. The third-order valence-corrected chi connectivity index (χ3v) is 3.62. The molecule has 2 rings (SSSR count). The Bertz CT molecular complexity index is 639. The monoisotopic (exact) mass is 366 g/mol. The number of pyridine rings is 1. The molecule has 0 aliphatic carbocycles. The number of methoxy groups -OCH3 is 1. The van der Waals surface area contributed by atoms with Gasteiger partial charge < -0.3 is 4.74 Å². The molecule has 1 amide bonds. The Kier molecular flexibility index (Phi) is 4.27. The van der Waals surface area contributed by atoms with E-state index in [0.717, 1.165) is 11.3 Å². The quantitative estimate of drug-likeness (QED) is 0.844. The van der Waals surface area contributed by atoms with Crippen LogP contribution in [0.1, 0.15) is 10.4 Å². The van der Waals surface area contributed by atoms with Crippen LogP contribution in [0.4, 0.5) is 9.52 Å². The smallest absolute Gasteiger partial charge is 0.295 e. The van der Waals surface area contributed by atoms with E-state index >= 15 is 0 Å². The second-order valence-electron chi connectivity index (χ2n) is 3.12. The van der Waals surface area contributed by atoms with Gasteiger partial charge in [-0.05, 0) is 27.3 Å². The van der Waals surface area contributed by atoms with Crippen molar-refractivity contribution < 1.29 is 13.9 Å². The van der Waals surface area contributed by atoms with Crippen LogP contribution in [0.25, 0.3) is 0 Å². The van der Waals surface area contributed by atoms with Crippen LogP contribution in [-0.2, 0) is 0 Å². The SMILES string of the molecule is COc1nnc(NC(=O)c2c(Br)cnc(Cl)c2F)s1. The molecule has 2 aromatic rings. The molecule has 0 aliphatic rings. The lowest BCUT2D eigenvalue weighted by atomic mass is 10.2. The van der Waals surface area contributed by atoms with Crippen LogP contribution < -0.4 is 10.1 Å². The van der Waals surface area contributed by atoms with Crippen LogP contribution >= 0.6 is 38.9 Å².